The van der Waals surface area contributed by atoms with Crippen LogP contribution in [0.4, 0.5) is 93.5 Å². The fraction of sp³-hybridized carbons (Fsp3) is 0.0625. The largest absolute Gasteiger partial charge is 0.307 e. The summed E-state index contributed by atoms with van der Waals surface area (Å²) >= 11 is 0. The van der Waals surface area contributed by atoms with Gasteiger partial charge in [-0.2, -0.15) is 0 Å². The molecular weight excluding hydrogens is 812 g/mol. The molecule has 55 heavy (non-hydrogen) atoms. The molecule has 23 heteroatoms. The van der Waals surface area contributed by atoms with Crippen molar-refractivity contribution in [2.24, 2.45) is 0 Å². The van der Waals surface area contributed by atoms with Crippen LogP contribution in [-0.2, 0) is 0 Å². The first-order valence-corrected chi connectivity index (χ1v) is 14.1. The van der Waals surface area contributed by atoms with Gasteiger partial charge in [-0.15, -0.1) is 21.9 Å². The summed E-state index contributed by atoms with van der Waals surface area (Å²) in [6.45, 7) is 0. The smallest absolute Gasteiger partial charge is 0.200 e. The van der Waals surface area contributed by atoms with Gasteiger partial charge in [-0.1, -0.05) is 18.2 Å². The number of benzene rings is 5. The molecule has 0 amide bonds. The van der Waals surface area contributed by atoms with Crippen molar-refractivity contribution in [1.82, 2.24) is 0 Å². The number of hydrogen-bond donors (Lipinski definition) is 1. The first-order chi connectivity index (χ1) is 25.0. The van der Waals surface area contributed by atoms with Gasteiger partial charge in [0.05, 0.1) is 14.1 Å². The van der Waals surface area contributed by atoms with Gasteiger partial charge in [0.2, 0.25) is 0 Å². The number of hydrogen-bond acceptors (Lipinski definition) is 0. The maximum atomic E-state index is 15.4. The van der Waals surface area contributed by atoms with Crippen LogP contribution in [0.15, 0.2) is 30.3 Å². The zero-order valence-electron chi connectivity index (χ0n) is 27.0. The Kier molecular flexibility index (Phi) is 13.5. The minimum atomic E-state index is -7.22. The van der Waals surface area contributed by atoms with Crippen LogP contribution in [0, 0.1) is 116 Å². The van der Waals surface area contributed by atoms with Crippen molar-refractivity contribution in [3.63, 3.8) is 0 Å². The summed E-state index contributed by atoms with van der Waals surface area (Å²) in [4.78, 5) is 1.37. The molecule has 0 heterocycles. The molecule has 1 radical (unpaired) electrons. The van der Waals surface area contributed by atoms with Gasteiger partial charge in [0.1, 0.15) is 58.4 Å². The number of nitrogens with one attached hydrogen (secondary N) is 1. The van der Waals surface area contributed by atoms with Crippen molar-refractivity contribution >= 4 is 63.2 Å². The Morgan fingerprint density at radius 1 is 0.291 bits per heavy atom. The second-order valence-corrected chi connectivity index (χ2v) is 11.2. The van der Waals surface area contributed by atoms with Gasteiger partial charge in [0.25, 0.3) is 0 Å². The van der Waals surface area contributed by atoms with Crippen molar-refractivity contribution in [3.8, 4) is 0 Å². The van der Waals surface area contributed by atoms with Gasteiger partial charge >= 0.3 is 0 Å². The van der Waals surface area contributed by atoms with Crippen LogP contribution in [0.2, 0.25) is 0 Å². The third-order valence-electron chi connectivity index (χ3n) is 8.06. The Hall–Kier alpha value is -4.28. The third-order valence-corrected chi connectivity index (χ3v) is 8.06. The molecule has 5 aromatic rings. The third kappa shape index (κ3) is 6.94. The number of rotatable bonds is 5. The summed E-state index contributed by atoms with van der Waals surface area (Å²) in [5.74, 6) is -71.4. The molecule has 0 unspecified atom stereocenters. The molecular formula is C32H12BF20NNa. The molecule has 0 saturated heterocycles. The fourth-order valence-electron chi connectivity index (χ4n) is 5.65. The van der Waals surface area contributed by atoms with Crippen LogP contribution in [0.5, 0.6) is 0 Å². The Bertz CT molecular complexity index is 1940. The van der Waals surface area contributed by atoms with E-state index in [-0.39, 0.29) is 29.6 Å². The molecule has 0 aliphatic rings. The molecule has 0 saturated carbocycles. The molecule has 0 atom stereocenters. The molecule has 0 fully saturated rings. The predicted octanol–water partition coefficient (Wildman–Crippen LogP) is 5.93. The summed E-state index contributed by atoms with van der Waals surface area (Å²) in [7, 11) is 4.24. The Morgan fingerprint density at radius 2 is 0.455 bits per heavy atom. The number of quaternary nitrogens is 1. The van der Waals surface area contributed by atoms with E-state index in [0.717, 1.165) is 0 Å². The van der Waals surface area contributed by atoms with Gasteiger partial charge in [0, 0.05) is 29.6 Å². The standard InChI is InChI=1S/C24BF20.C8H11N.Na/c26-5-1(6(27)14(35)21(42)13(5)34)25(2-7(28)15(36)22(43)16(37)8(2)29,3-9(30)17(38)23(44)18(39)10(3)31)4-11(32)19(40)24(45)20(41)12(4)33;1-9(2)8-6-4-3-5-7-8;/h;3-7H,1-2H3;/q-1;;/p+1. The molecule has 289 valence electrons. The second kappa shape index (κ2) is 16.4. The summed E-state index contributed by atoms with van der Waals surface area (Å²) in [6.07, 6.45) is -7.22. The molecule has 0 spiro atoms. The second-order valence-electron chi connectivity index (χ2n) is 11.2. The molecule has 5 rings (SSSR count). The average molecular weight is 824 g/mol. The van der Waals surface area contributed by atoms with E-state index in [1.54, 1.807) is 0 Å². The average Bonchev–Trinajstić information content (AvgIpc) is 3.15. The van der Waals surface area contributed by atoms with Crippen molar-refractivity contribution < 1.29 is 92.7 Å². The molecule has 0 aliphatic heterocycles. The van der Waals surface area contributed by atoms with E-state index in [1.807, 2.05) is 6.07 Å². The summed E-state index contributed by atoms with van der Waals surface area (Å²) in [5, 5.41) is 0. The van der Waals surface area contributed by atoms with Crippen molar-refractivity contribution in [3.05, 3.63) is 147 Å². The number of para-hydroxylation sites is 1. The van der Waals surface area contributed by atoms with Gasteiger partial charge in [-0.05, 0) is 12.1 Å². The van der Waals surface area contributed by atoms with Crippen molar-refractivity contribution in [2.75, 3.05) is 14.1 Å². The van der Waals surface area contributed by atoms with Crippen LogP contribution >= 0.6 is 0 Å². The Morgan fingerprint density at radius 3 is 0.600 bits per heavy atom. The van der Waals surface area contributed by atoms with Crippen molar-refractivity contribution in [1.29, 1.82) is 0 Å². The van der Waals surface area contributed by atoms with E-state index in [4.69, 9.17) is 0 Å². The minimum Gasteiger partial charge on any atom is -0.307 e. The van der Waals surface area contributed by atoms with E-state index in [2.05, 4.69) is 38.4 Å². The zero-order valence-corrected chi connectivity index (χ0v) is 29.0. The van der Waals surface area contributed by atoms with Gasteiger partial charge in [0.15, 0.2) is 69.8 Å². The van der Waals surface area contributed by atoms with Gasteiger partial charge < -0.3 is 4.90 Å². The summed E-state index contributed by atoms with van der Waals surface area (Å²) in [5.41, 5.74) is -13.0. The molecule has 0 bridgehead atoms. The summed E-state index contributed by atoms with van der Waals surface area (Å²) in [6, 6.07) is 10.4. The fourth-order valence-corrected chi connectivity index (χ4v) is 5.65. The normalized spacial score (nSPS) is 11.5. The molecule has 5 aromatic carbocycles. The van der Waals surface area contributed by atoms with E-state index < -0.39 is 144 Å². The molecule has 1 nitrogen and oxygen atoms in total. The SMILES string of the molecule is C[NH+](C)c1ccccc1.Fc1c(F)c(F)c([B-](c2c(F)c(F)c(F)c(F)c2F)(c2c(F)c(F)c(F)c(F)c2F)c2c(F)c(F)c(F)c(F)c2F)c(F)c1F.[Na]. The first kappa shape index (κ1) is 45.1. The van der Waals surface area contributed by atoms with Crippen LogP contribution in [0.1, 0.15) is 0 Å². The molecule has 0 aliphatic carbocycles. The topological polar surface area (TPSA) is 4.44 Å². The predicted molar refractivity (Wildman–Crippen MR) is 154 cm³/mol. The van der Waals surface area contributed by atoms with E-state index in [1.165, 1.54) is 10.6 Å². The van der Waals surface area contributed by atoms with E-state index >= 15 is 35.1 Å². The monoisotopic (exact) mass is 824 g/mol. The maximum absolute atomic E-state index is 15.4. The quantitative estimate of drug-likeness (QED) is 0.0972. The Labute approximate surface area is 316 Å². The van der Waals surface area contributed by atoms with Gasteiger partial charge in [-0.25, -0.2) is 87.8 Å². The van der Waals surface area contributed by atoms with Crippen molar-refractivity contribution in [2.45, 2.75) is 0 Å². The van der Waals surface area contributed by atoms with Crippen LogP contribution in [0.3, 0.4) is 0 Å². The summed E-state index contributed by atoms with van der Waals surface area (Å²) < 4.78 is 294. The number of halogens is 20. The van der Waals surface area contributed by atoms with E-state index in [9.17, 15) is 52.7 Å². The zero-order chi connectivity index (χ0) is 41.0. The molecule has 0 aromatic heterocycles. The minimum absolute atomic E-state index is 0. The van der Waals surface area contributed by atoms with Gasteiger partial charge in [-0.3, -0.25) is 0 Å². The van der Waals surface area contributed by atoms with Crippen LogP contribution in [-0.4, -0.2) is 49.8 Å². The maximum Gasteiger partial charge on any atom is 0.200 e. The Balaban J connectivity index is 0.000000712. The first-order valence-electron chi connectivity index (χ1n) is 14.1. The van der Waals surface area contributed by atoms with Crippen LogP contribution < -0.4 is 26.8 Å². The molecule has 1 N–H and O–H groups in total. The van der Waals surface area contributed by atoms with Crippen LogP contribution in [0.25, 0.3) is 0 Å². The van der Waals surface area contributed by atoms with E-state index in [0.29, 0.717) is 0 Å².